The van der Waals surface area contributed by atoms with E-state index in [1.165, 1.54) is 0 Å². The second-order valence-electron chi connectivity index (χ2n) is 5.32. The fourth-order valence-corrected chi connectivity index (χ4v) is 1.81. The van der Waals surface area contributed by atoms with E-state index in [2.05, 4.69) is 20.8 Å². The predicted molar refractivity (Wildman–Crippen MR) is 72.1 cm³/mol. The van der Waals surface area contributed by atoms with Gasteiger partial charge in [-0.2, -0.15) is 0 Å². The molecule has 0 heterocycles. The third-order valence-electron chi connectivity index (χ3n) is 2.96. The van der Waals surface area contributed by atoms with Gasteiger partial charge in [-0.3, -0.25) is 9.59 Å². The van der Waals surface area contributed by atoms with Crippen LogP contribution in [-0.2, 0) is 9.59 Å². The van der Waals surface area contributed by atoms with Gasteiger partial charge in [0.05, 0.1) is 0 Å². The van der Waals surface area contributed by atoms with Crippen molar-refractivity contribution >= 4 is 11.6 Å². The van der Waals surface area contributed by atoms with E-state index in [0.29, 0.717) is 43.2 Å². The van der Waals surface area contributed by atoms with Crippen molar-refractivity contribution in [1.29, 1.82) is 0 Å². The van der Waals surface area contributed by atoms with Gasteiger partial charge >= 0.3 is 0 Å². The zero-order chi connectivity index (χ0) is 13.1. The van der Waals surface area contributed by atoms with Gasteiger partial charge in [-0.05, 0) is 25.2 Å². The molecular formula is C15H28O2. The Kier molecular flexibility index (Phi) is 10.1. The van der Waals surface area contributed by atoms with Crippen molar-refractivity contribution in [2.45, 2.75) is 78.6 Å². The zero-order valence-corrected chi connectivity index (χ0v) is 11.8. The molecule has 0 radical (unpaired) electrons. The zero-order valence-electron chi connectivity index (χ0n) is 11.8. The molecule has 0 aliphatic heterocycles. The van der Waals surface area contributed by atoms with Crippen LogP contribution in [0.1, 0.15) is 78.6 Å². The topological polar surface area (TPSA) is 34.1 Å². The summed E-state index contributed by atoms with van der Waals surface area (Å²) in [5.74, 6) is 1.33. The van der Waals surface area contributed by atoms with Crippen molar-refractivity contribution < 1.29 is 9.59 Å². The first-order valence-electron chi connectivity index (χ1n) is 7.09. The molecule has 0 aliphatic carbocycles. The Labute approximate surface area is 106 Å². The predicted octanol–water partition coefficient (Wildman–Crippen LogP) is 4.31. The fourth-order valence-electron chi connectivity index (χ4n) is 1.81. The molecule has 0 spiro atoms. The number of ketones is 2. The average Bonchev–Trinajstić information content (AvgIpc) is 2.25. The van der Waals surface area contributed by atoms with E-state index >= 15 is 0 Å². The summed E-state index contributed by atoms with van der Waals surface area (Å²) in [6, 6.07) is 0. The first-order valence-corrected chi connectivity index (χ1v) is 7.09. The fraction of sp³-hybridized carbons (Fsp3) is 0.867. The van der Waals surface area contributed by atoms with Crippen LogP contribution >= 0.6 is 0 Å². The summed E-state index contributed by atoms with van der Waals surface area (Å²) in [6.45, 7) is 6.44. The number of hydrogen-bond donors (Lipinski definition) is 0. The van der Waals surface area contributed by atoms with Gasteiger partial charge in [0, 0.05) is 25.7 Å². The summed E-state index contributed by atoms with van der Waals surface area (Å²) in [7, 11) is 0. The Morgan fingerprint density at radius 1 is 0.824 bits per heavy atom. The van der Waals surface area contributed by atoms with Crippen LogP contribution in [-0.4, -0.2) is 11.6 Å². The van der Waals surface area contributed by atoms with Gasteiger partial charge in [0.1, 0.15) is 11.6 Å². The van der Waals surface area contributed by atoms with Crippen molar-refractivity contribution in [2.24, 2.45) is 5.92 Å². The standard InChI is InChI=1S/C15H28O2/c1-4-5-9-14(16)11-7-12-15(17)10-6-8-13(2)3/h13H,4-12H2,1-3H3. The molecule has 17 heavy (non-hydrogen) atoms. The summed E-state index contributed by atoms with van der Waals surface area (Å²) >= 11 is 0. The summed E-state index contributed by atoms with van der Waals surface area (Å²) in [6.07, 6.45) is 7.51. The van der Waals surface area contributed by atoms with Crippen molar-refractivity contribution in [2.75, 3.05) is 0 Å². The van der Waals surface area contributed by atoms with E-state index in [-0.39, 0.29) is 0 Å². The average molecular weight is 240 g/mol. The second-order valence-corrected chi connectivity index (χ2v) is 5.32. The molecule has 0 bridgehead atoms. The Bertz CT molecular complexity index is 219. The van der Waals surface area contributed by atoms with Crippen molar-refractivity contribution in [3.63, 3.8) is 0 Å². The van der Waals surface area contributed by atoms with Gasteiger partial charge in [-0.25, -0.2) is 0 Å². The number of carbonyl (C=O) groups excluding carboxylic acids is 2. The monoisotopic (exact) mass is 240 g/mol. The number of hydrogen-bond acceptors (Lipinski definition) is 2. The van der Waals surface area contributed by atoms with Gasteiger partial charge in [0.15, 0.2) is 0 Å². The molecule has 0 fully saturated rings. The van der Waals surface area contributed by atoms with Crippen LogP contribution < -0.4 is 0 Å². The first kappa shape index (κ1) is 16.3. The minimum absolute atomic E-state index is 0.321. The smallest absolute Gasteiger partial charge is 0.132 e. The number of rotatable bonds is 11. The molecule has 2 heteroatoms. The molecule has 0 saturated carbocycles. The summed E-state index contributed by atoms with van der Waals surface area (Å²) in [4.78, 5) is 22.9. The van der Waals surface area contributed by atoms with Crippen LogP contribution in [0, 0.1) is 5.92 Å². The van der Waals surface area contributed by atoms with E-state index in [1.54, 1.807) is 0 Å². The molecule has 100 valence electrons. The lowest BCUT2D eigenvalue weighted by Gasteiger charge is -2.04. The summed E-state index contributed by atoms with van der Waals surface area (Å²) in [5.41, 5.74) is 0. The van der Waals surface area contributed by atoms with Gasteiger partial charge in [0.2, 0.25) is 0 Å². The highest BCUT2D eigenvalue weighted by Gasteiger charge is 2.05. The lowest BCUT2D eigenvalue weighted by Crippen LogP contribution is -2.02. The van der Waals surface area contributed by atoms with Crippen LogP contribution in [0.15, 0.2) is 0 Å². The third kappa shape index (κ3) is 11.6. The van der Waals surface area contributed by atoms with E-state index in [9.17, 15) is 9.59 Å². The van der Waals surface area contributed by atoms with Crippen molar-refractivity contribution in [3.8, 4) is 0 Å². The van der Waals surface area contributed by atoms with Crippen LogP contribution in [0.5, 0.6) is 0 Å². The maximum Gasteiger partial charge on any atom is 0.132 e. The maximum absolute atomic E-state index is 11.5. The molecule has 0 aromatic carbocycles. The lowest BCUT2D eigenvalue weighted by atomic mass is 10.0. The lowest BCUT2D eigenvalue weighted by molar-refractivity contribution is -0.120. The SMILES string of the molecule is CCCCC(=O)CCCC(=O)CCCC(C)C. The van der Waals surface area contributed by atoms with Crippen LogP contribution in [0.2, 0.25) is 0 Å². The van der Waals surface area contributed by atoms with E-state index < -0.39 is 0 Å². The van der Waals surface area contributed by atoms with Gasteiger partial charge in [-0.1, -0.05) is 33.6 Å². The number of carbonyl (C=O) groups is 2. The molecule has 2 nitrogen and oxygen atoms in total. The molecule has 0 unspecified atom stereocenters. The summed E-state index contributed by atoms with van der Waals surface area (Å²) in [5, 5.41) is 0. The van der Waals surface area contributed by atoms with Crippen molar-refractivity contribution in [3.05, 3.63) is 0 Å². The quantitative estimate of drug-likeness (QED) is 0.539. The Morgan fingerprint density at radius 3 is 1.76 bits per heavy atom. The molecule has 0 aromatic heterocycles. The highest BCUT2D eigenvalue weighted by Crippen LogP contribution is 2.10. The highest BCUT2D eigenvalue weighted by molar-refractivity contribution is 5.81. The normalized spacial score (nSPS) is 10.8. The Balaban J connectivity index is 3.41. The molecule has 0 amide bonds. The number of unbranched alkanes of at least 4 members (excludes halogenated alkanes) is 1. The Morgan fingerprint density at radius 2 is 1.29 bits per heavy atom. The van der Waals surface area contributed by atoms with E-state index in [4.69, 9.17) is 0 Å². The Hall–Kier alpha value is -0.660. The largest absolute Gasteiger partial charge is 0.300 e. The number of Topliss-reactive ketones (excluding diaryl/α,β-unsaturated/α-hetero) is 2. The second kappa shape index (κ2) is 10.5. The van der Waals surface area contributed by atoms with Crippen LogP contribution in [0.3, 0.4) is 0 Å². The molecule has 0 saturated heterocycles. The molecule has 0 aliphatic rings. The van der Waals surface area contributed by atoms with Crippen LogP contribution in [0.25, 0.3) is 0 Å². The van der Waals surface area contributed by atoms with E-state index in [1.807, 2.05) is 0 Å². The minimum atomic E-state index is 0.321. The molecule has 0 aromatic rings. The highest BCUT2D eigenvalue weighted by atomic mass is 16.1. The maximum atomic E-state index is 11.5. The van der Waals surface area contributed by atoms with Gasteiger partial charge in [-0.15, -0.1) is 0 Å². The van der Waals surface area contributed by atoms with Gasteiger partial charge < -0.3 is 0 Å². The molecule has 0 rings (SSSR count). The molecule has 0 N–H and O–H groups in total. The summed E-state index contributed by atoms with van der Waals surface area (Å²) < 4.78 is 0. The minimum Gasteiger partial charge on any atom is -0.300 e. The van der Waals surface area contributed by atoms with Gasteiger partial charge in [0.25, 0.3) is 0 Å². The van der Waals surface area contributed by atoms with Crippen LogP contribution in [0.4, 0.5) is 0 Å². The molecular weight excluding hydrogens is 212 g/mol. The van der Waals surface area contributed by atoms with E-state index in [0.717, 1.165) is 32.1 Å². The third-order valence-corrected chi connectivity index (χ3v) is 2.96. The van der Waals surface area contributed by atoms with Crippen molar-refractivity contribution in [1.82, 2.24) is 0 Å². The molecule has 0 atom stereocenters. The first-order chi connectivity index (χ1) is 8.06.